The molecule has 0 aliphatic carbocycles. The van der Waals surface area contributed by atoms with Crippen molar-refractivity contribution in [2.24, 2.45) is 0 Å². The Labute approximate surface area is 137 Å². The van der Waals surface area contributed by atoms with Crippen molar-refractivity contribution < 1.29 is 9.68 Å². The second-order valence-corrected chi connectivity index (χ2v) is 5.66. The van der Waals surface area contributed by atoms with Gasteiger partial charge in [-0.2, -0.15) is 0 Å². The monoisotopic (exact) mass is 319 g/mol. The maximum Gasteiger partial charge on any atom is 0.0962 e. The summed E-state index contributed by atoms with van der Waals surface area (Å²) in [5.41, 5.74) is 2.19. The normalized spacial score (nSPS) is 12.5. The largest absolute Gasteiger partial charge is 0.269 e. The first-order valence-corrected chi connectivity index (χ1v) is 7.97. The summed E-state index contributed by atoms with van der Waals surface area (Å²) in [4.78, 5) is 11.5. The van der Waals surface area contributed by atoms with E-state index in [-0.39, 0.29) is 5.38 Å². The summed E-state index contributed by atoms with van der Waals surface area (Å²) in [5.74, 6) is 0. The Morgan fingerprint density at radius 2 is 1.32 bits per heavy atom. The Kier molecular flexibility index (Phi) is 7.40. The topological polar surface area (TPSA) is 21.7 Å². The molecule has 0 saturated carbocycles. The lowest BCUT2D eigenvalue weighted by atomic mass is 10.2. The molecule has 2 aromatic carbocycles. The van der Waals surface area contributed by atoms with Gasteiger partial charge in [-0.25, -0.2) is 0 Å². The number of hydrogen-bond acceptors (Lipinski definition) is 3. The van der Waals surface area contributed by atoms with Crippen molar-refractivity contribution in [2.75, 3.05) is 6.54 Å². The van der Waals surface area contributed by atoms with Crippen LogP contribution >= 0.6 is 11.6 Å². The second-order valence-electron chi connectivity index (χ2n) is 5.04. The summed E-state index contributed by atoms with van der Waals surface area (Å²) in [5, 5.41) is 1.49. The fraction of sp³-hybridized carbons (Fsp3) is 0.333. The molecule has 0 aliphatic heterocycles. The van der Waals surface area contributed by atoms with Gasteiger partial charge >= 0.3 is 0 Å². The Bertz CT molecular complexity index is 478. The van der Waals surface area contributed by atoms with Crippen molar-refractivity contribution in [3.8, 4) is 0 Å². The average molecular weight is 320 g/mol. The molecule has 0 fully saturated rings. The van der Waals surface area contributed by atoms with E-state index in [1.165, 1.54) is 5.23 Å². The van der Waals surface area contributed by atoms with Gasteiger partial charge in [0.2, 0.25) is 0 Å². The lowest BCUT2D eigenvalue weighted by molar-refractivity contribution is -0.379. The molecule has 1 unspecified atom stereocenters. The standard InChI is InChI=1S/C18H22ClNO2/c1-2-18(19)13-20(21-14-16-9-5-3-6-10-16)22-15-17-11-7-4-8-12-17/h3-12,18H,2,13-15H2,1H3. The molecule has 0 spiro atoms. The Morgan fingerprint density at radius 1 is 0.864 bits per heavy atom. The molecule has 0 heterocycles. The minimum atomic E-state index is -0.00783. The van der Waals surface area contributed by atoms with Gasteiger partial charge in [0.05, 0.1) is 25.1 Å². The van der Waals surface area contributed by atoms with Gasteiger partial charge in [-0.1, -0.05) is 72.8 Å². The van der Waals surface area contributed by atoms with Crippen LogP contribution < -0.4 is 0 Å². The molecule has 0 saturated heterocycles. The number of alkyl halides is 1. The molecule has 0 aromatic heterocycles. The van der Waals surface area contributed by atoms with Gasteiger partial charge in [0.15, 0.2) is 0 Å². The van der Waals surface area contributed by atoms with Crippen LogP contribution in [0.15, 0.2) is 60.7 Å². The smallest absolute Gasteiger partial charge is 0.0962 e. The third-order valence-corrected chi connectivity index (χ3v) is 3.67. The minimum Gasteiger partial charge on any atom is -0.269 e. The highest BCUT2D eigenvalue weighted by atomic mass is 35.5. The lowest BCUT2D eigenvalue weighted by Crippen LogP contribution is -2.30. The summed E-state index contributed by atoms with van der Waals surface area (Å²) in [6, 6.07) is 20.0. The van der Waals surface area contributed by atoms with Crippen LogP contribution in [-0.2, 0) is 22.9 Å². The zero-order chi connectivity index (χ0) is 15.6. The van der Waals surface area contributed by atoms with Crippen molar-refractivity contribution >= 4 is 11.6 Å². The molecule has 2 aromatic rings. The Morgan fingerprint density at radius 3 is 1.73 bits per heavy atom. The van der Waals surface area contributed by atoms with Crippen LogP contribution in [0.25, 0.3) is 0 Å². The Hall–Kier alpha value is -1.39. The third-order valence-electron chi connectivity index (χ3n) is 3.23. The van der Waals surface area contributed by atoms with Crippen LogP contribution in [0.2, 0.25) is 0 Å². The first kappa shape index (κ1) is 17.0. The van der Waals surface area contributed by atoms with Crippen LogP contribution in [-0.4, -0.2) is 17.1 Å². The average Bonchev–Trinajstić information content (AvgIpc) is 2.59. The van der Waals surface area contributed by atoms with Crippen molar-refractivity contribution in [1.29, 1.82) is 0 Å². The predicted molar refractivity (Wildman–Crippen MR) is 89.1 cm³/mol. The summed E-state index contributed by atoms with van der Waals surface area (Å²) >= 11 is 6.22. The molecule has 2 rings (SSSR count). The van der Waals surface area contributed by atoms with E-state index in [0.717, 1.165) is 17.5 Å². The highest BCUT2D eigenvalue weighted by Gasteiger charge is 2.12. The molecule has 0 N–H and O–H groups in total. The predicted octanol–water partition coefficient (Wildman–Crippen LogP) is 4.57. The van der Waals surface area contributed by atoms with E-state index >= 15 is 0 Å². The van der Waals surface area contributed by atoms with Gasteiger partial charge in [0, 0.05) is 0 Å². The molecule has 0 radical (unpaired) electrons. The van der Waals surface area contributed by atoms with Crippen molar-refractivity contribution in [3.63, 3.8) is 0 Å². The van der Waals surface area contributed by atoms with Gasteiger partial charge in [-0.3, -0.25) is 9.68 Å². The van der Waals surface area contributed by atoms with Crippen LogP contribution in [0.5, 0.6) is 0 Å². The number of hydroxylamine groups is 2. The van der Waals surface area contributed by atoms with Crippen LogP contribution in [0, 0.1) is 0 Å². The summed E-state index contributed by atoms with van der Waals surface area (Å²) in [6.07, 6.45) is 0.863. The zero-order valence-corrected chi connectivity index (χ0v) is 13.6. The van der Waals surface area contributed by atoms with Crippen molar-refractivity contribution in [2.45, 2.75) is 31.9 Å². The van der Waals surface area contributed by atoms with Crippen LogP contribution in [0.3, 0.4) is 0 Å². The molecule has 1 atom stereocenters. The molecular formula is C18H22ClNO2. The van der Waals surface area contributed by atoms with Crippen LogP contribution in [0.4, 0.5) is 0 Å². The van der Waals surface area contributed by atoms with E-state index in [0.29, 0.717) is 19.8 Å². The molecule has 0 aliphatic rings. The SMILES string of the molecule is CCC(Cl)CN(OCc1ccccc1)OCc1ccccc1. The van der Waals surface area contributed by atoms with Crippen molar-refractivity contribution in [1.82, 2.24) is 5.23 Å². The first-order chi connectivity index (χ1) is 10.8. The molecule has 22 heavy (non-hydrogen) atoms. The van der Waals surface area contributed by atoms with E-state index < -0.39 is 0 Å². The summed E-state index contributed by atoms with van der Waals surface area (Å²) in [7, 11) is 0. The number of nitrogens with zero attached hydrogens (tertiary/aromatic N) is 1. The summed E-state index contributed by atoms with van der Waals surface area (Å²) < 4.78 is 0. The number of halogens is 1. The van der Waals surface area contributed by atoms with Gasteiger partial charge in [-0.05, 0) is 17.5 Å². The zero-order valence-electron chi connectivity index (χ0n) is 12.8. The van der Waals surface area contributed by atoms with E-state index in [1.807, 2.05) is 67.6 Å². The molecule has 0 amide bonds. The Balaban J connectivity index is 1.87. The number of rotatable bonds is 9. The second kappa shape index (κ2) is 9.59. The molecular weight excluding hydrogens is 298 g/mol. The fourth-order valence-corrected chi connectivity index (χ4v) is 1.99. The first-order valence-electron chi connectivity index (χ1n) is 7.53. The maximum atomic E-state index is 6.22. The van der Waals surface area contributed by atoms with Gasteiger partial charge < -0.3 is 0 Å². The molecule has 4 heteroatoms. The van der Waals surface area contributed by atoms with E-state index in [9.17, 15) is 0 Å². The van der Waals surface area contributed by atoms with Gasteiger partial charge in [-0.15, -0.1) is 11.6 Å². The highest BCUT2D eigenvalue weighted by Crippen LogP contribution is 2.11. The minimum absolute atomic E-state index is 0.00783. The number of benzene rings is 2. The van der Waals surface area contributed by atoms with E-state index in [2.05, 4.69) is 0 Å². The molecule has 0 bridgehead atoms. The number of hydrogen-bond donors (Lipinski definition) is 0. The quantitative estimate of drug-likeness (QED) is 0.499. The van der Waals surface area contributed by atoms with Crippen LogP contribution in [0.1, 0.15) is 24.5 Å². The summed E-state index contributed by atoms with van der Waals surface area (Å²) in [6.45, 7) is 3.49. The highest BCUT2D eigenvalue weighted by molar-refractivity contribution is 6.20. The lowest BCUT2D eigenvalue weighted by Gasteiger charge is -2.23. The van der Waals surface area contributed by atoms with E-state index in [1.54, 1.807) is 0 Å². The fourth-order valence-electron chi connectivity index (χ4n) is 1.88. The van der Waals surface area contributed by atoms with Gasteiger partial charge in [0.1, 0.15) is 0 Å². The molecule has 3 nitrogen and oxygen atoms in total. The van der Waals surface area contributed by atoms with E-state index in [4.69, 9.17) is 21.3 Å². The third kappa shape index (κ3) is 6.16. The molecule has 118 valence electrons. The maximum absolute atomic E-state index is 6.22. The van der Waals surface area contributed by atoms with Crippen molar-refractivity contribution in [3.05, 3.63) is 71.8 Å². The van der Waals surface area contributed by atoms with Gasteiger partial charge in [0.25, 0.3) is 0 Å².